The first-order valence-corrected chi connectivity index (χ1v) is 12.9. The number of piperazine rings is 1. The molecule has 0 aliphatic carbocycles. The Morgan fingerprint density at radius 2 is 1.90 bits per heavy atom. The van der Waals surface area contributed by atoms with Crippen LogP contribution in [-0.4, -0.2) is 87.3 Å². The number of hydrogen-bond donors (Lipinski definition) is 1. The van der Waals surface area contributed by atoms with Gasteiger partial charge in [-0.05, 0) is 29.7 Å². The van der Waals surface area contributed by atoms with Crippen LogP contribution in [0.15, 0.2) is 21.7 Å². The number of piperidine rings is 1. The number of nitrogens with one attached hydrogen (secondary N) is 1. The van der Waals surface area contributed by atoms with Crippen LogP contribution in [0.2, 0.25) is 0 Å². The molecule has 0 aromatic carbocycles. The van der Waals surface area contributed by atoms with Gasteiger partial charge in [-0.1, -0.05) is 19.9 Å². The lowest BCUT2D eigenvalue weighted by atomic mass is 9.92. The molecule has 0 bridgehead atoms. The van der Waals surface area contributed by atoms with Crippen molar-refractivity contribution in [2.75, 3.05) is 58.9 Å². The van der Waals surface area contributed by atoms with Crippen molar-refractivity contribution in [1.29, 1.82) is 0 Å². The molecule has 1 N–H and O–H groups in total. The Balaban J connectivity index is 1.64. The molecule has 0 unspecified atom stereocenters. The summed E-state index contributed by atoms with van der Waals surface area (Å²) >= 11 is 1.24. The fourth-order valence-electron chi connectivity index (χ4n) is 4.41. The molecule has 2 saturated heterocycles. The third-order valence-corrected chi connectivity index (χ3v) is 9.02. The van der Waals surface area contributed by atoms with Crippen LogP contribution >= 0.6 is 11.3 Å². The highest BCUT2D eigenvalue weighted by molar-refractivity contribution is 7.91. The molecule has 3 rings (SSSR count). The van der Waals surface area contributed by atoms with Gasteiger partial charge in [0.25, 0.3) is 10.0 Å². The molecule has 2 aliphatic heterocycles. The average molecular weight is 443 g/mol. The first-order valence-electron chi connectivity index (χ1n) is 10.6. The molecule has 2 aliphatic rings. The zero-order valence-electron chi connectivity index (χ0n) is 17.5. The zero-order valence-corrected chi connectivity index (χ0v) is 19.2. The lowest BCUT2D eigenvalue weighted by molar-refractivity contribution is -0.131. The Bertz CT molecular complexity index is 738. The summed E-state index contributed by atoms with van der Waals surface area (Å²) in [6.07, 6.45) is 1.46. The van der Waals surface area contributed by atoms with Crippen LogP contribution < -0.4 is 5.32 Å². The summed E-state index contributed by atoms with van der Waals surface area (Å²) in [5.41, 5.74) is 0. The van der Waals surface area contributed by atoms with E-state index in [1.807, 2.05) is 4.90 Å². The number of rotatable bonds is 8. The number of carbonyl (C=O) groups excluding carboxylic acids is 1. The van der Waals surface area contributed by atoms with Crippen LogP contribution in [0, 0.1) is 11.8 Å². The number of carbonyl (C=O) groups is 1. The van der Waals surface area contributed by atoms with Crippen LogP contribution in [0.5, 0.6) is 0 Å². The second kappa shape index (κ2) is 10.3. The Hall–Kier alpha value is -1.00. The highest BCUT2D eigenvalue weighted by Crippen LogP contribution is 2.23. The quantitative estimate of drug-likeness (QED) is 0.661. The van der Waals surface area contributed by atoms with Crippen molar-refractivity contribution in [3.63, 3.8) is 0 Å². The van der Waals surface area contributed by atoms with Crippen LogP contribution in [0.1, 0.15) is 26.7 Å². The summed E-state index contributed by atoms with van der Waals surface area (Å²) in [5, 5.41) is 5.02. The number of amides is 1. The van der Waals surface area contributed by atoms with E-state index in [0.717, 1.165) is 26.2 Å². The molecule has 2 atom stereocenters. The van der Waals surface area contributed by atoms with E-state index in [1.165, 1.54) is 22.1 Å². The van der Waals surface area contributed by atoms with Gasteiger partial charge in [0.1, 0.15) is 4.21 Å². The highest BCUT2D eigenvalue weighted by Gasteiger charge is 2.29. The molecule has 9 heteroatoms. The lowest BCUT2D eigenvalue weighted by Crippen LogP contribution is -2.48. The van der Waals surface area contributed by atoms with E-state index >= 15 is 0 Å². The van der Waals surface area contributed by atoms with Gasteiger partial charge in [0.15, 0.2) is 0 Å². The summed E-state index contributed by atoms with van der Waals surface area (Å²) in [5.74, 6) is 1.31. The van der Waals surface area contributed by atoms with Gasteiger partial charge in [-0.15, -0.1) is 11.3 Å². The summed E-state index contributed by atoms with van der Waals surface area (Å²) in [6, 6.07) is 3.41. The maximum atomic E-state index is 13.2. The van der Waals surface area contributed by atoms with Crippen LogP contribution in [0.25, 0.3) is 0 Å². The van der Waals surface area contributed by atoms with Crippen molar-refractivity contribution in [1.82, 2.24) is 19.4 Å². The number of sulfonamides is 1. The number of thiophene rings is 1. The average Bonchev–Trinajstić information content (AvgIpc) is 3.23. The second-order valence-corrected chi connectivity index (χ2v) is 11.5. The standard InChI is InChI=1S/C20H34N4O3S2/c1-17-14-18(2)16-22(15-17)11-12-24(29(26,27)20-4-3-13-28-20)8-5-19(25)23-9-6-21-7-10-23/h3-4,13,17-18,21H,5-12,14-16H2,1-2H3/t17-,18-/m1/s1. The topological polar surface area (TPSA) is 73.0 Å². The fraction of sp³-hybridized carbons (Fsp3) is 0.750. The Kier molecular flexibility index (Phi) is 8.09. The van der Waals surface area contributed by atoms with Gasteiger partial charge < -0.3 is 15.1 Å². The molecule has 1 aromatic heterocycles. The molecular formula is C20H34N4O3S2. The van der Waals surface area contributed by atoms with E-state index in [4.69, 9.17) is 0 Å². The molecule has 0 spiro atoms. The zero-order chi connectivity index (χ0) is 20.9. The van der Waals surface area contributed by atoms with E-state index in [2.05, 4.69) is 24.1 Å². The van der Waals surface area contributed by atoms with Gasteiger partial charge in [0.2, 0.25) is 5.91 Å². The third kappa shape index (κ3) is 6.24. The molecule has 7 nitrogen and oxygen atoms in total. The predicted octanol–water partition coefficient (Wildman–Crippen LogP) is 1.54. The SMILES string of the molecule is C[C@@H]1C[C@@H](C)CN(CCN(CCC(=O)N2CCNCC2)S(=O)(=O)c2cccs2)C1. The largest absolute Gasteiger partial charge is 0.340 e. The first kappa shape index (κ1) is 22.7. The number of likely N-dealkylation sites (tertiary alicyclic amines) is 1. The molecule has 29 heavy (non-hydrogen) atoms. The normalized spacial score (nSPS) is 24.2. The minimum atomic E-state index is -3.57. The maximum absolute atomic E-state index is 13.2. The van der Waals surface area contributed by atoms with Gasteiger partial charge >= 0.3 is 0 Å². The van der Waals surface area contributed by atoms with Gasteiger partial charge in [0.05, 0.1) is 0 Å². The van der Waals surface area contributed by atoms with Gasteiger partial charge in [-0.3, -0.25) is 4.79 Å². The van der Waals surface area contributed by atoms with E-state index in [-0.39, 0.29) is 18.9 Å². The van der Waals surface area contributed by atoms with Crippen molar-refractivity contribution >= 4 is 27.3 Å². The van der Waals surface area contributed by atoms with Crippen molar-refractivity contribution in [3.05, 3.63) is 17.5 Å². The van der Waals surface area contributed by atoms with E-state index in [0.29, 0.717) is 42.2 Å². The van der Waals surface area contributed by atoms with E-state index in [1.54, 1.807) is 17.5 Å². The number of nitrogens with zero attached hydrogens (tertiary/aromatic N) is 3. The maximum Gasteiger partial charge on any atom is 0.252 e. The Labute approximate surface area is 179 Å². The highest BCUT2D eigenvalue weighted by atomic mass is 32.2. The van der Waals surface area contributed by atoms with Crippen molar-refractivity contribution in [2.45, 2.75) is 30.9 Å². The van der Waals surface area contributed by atoms with Crippen LogP contribution in [0.3, 0.4) is 0 Å². The van der Waals surface area contributed by atoms with Crippen molar-refractivity contribution < 1.29 is 13.2 Å². The van der Waals surface area contributed by atoms with E-state index < -0.39 is 10.0 Å². The summed E-state index contributed by atoms with van der Waals surface area (Å²) < 4.78 is 28.2. The summed E-state index contributed by atoms with van der Waals surface area (Å²) in [4.78, 5) is 16.8. The number of hydrogen-bond acceptors (Lipinski definition) is 6. The van der Waals surface area contributed by atoms with Crippen LogP contribution in [-0.2, 0) is 14.8 Å². The summed E-state index contributed by atoms with van der Waals surface area (Å²) in [7, 11) is -3.57. The lowest BCUT2D eigenvalue weighted by Gasteiger charge is -2.36. The minimum Gasteiger partial charge on any atom is -0.340 e. The Morgan fingerprint density at radius 1 is 1.21 bits per heavy atom. The monoisotopic (exact) mass is 442 g/mol. The molecule has 164 valence electrons. The third-order valence-electron chi connectivity index (χ3n) is 5.74. The molecular weight excluding hydrogens is 408 g/mol. The molecule has 3 heterocycles. The van der Waals surface area contributed by atoms with Gasteiger partial charge in [0, 0.05) is 65.3 Å². The van der Waals surface area contributed by atoms with Gasteiger partial charge in [-0.2, -0.15) is 4.31 Å². The van der Waals surface area contributed by atoms with Crippen molar-refractivity contribution in [3.8, 4) is 0 Å². The Morgan fingerprint density at radius 3 is 2.52 bits per heavy atom. The van der Waals surface area contributed by atoms with Crippen LogP contribution in [0.4, 0.5) is 0 Å². The molecule has 0 radical (unpaired) electrons. The molecule has 1 amide bonds. The summed E-state index contributed by atoms with van der Waals surface area (Å²) in [6.45, 7) is 10.9. The molecule has 0 saturated carbocycles. The first-order chi connectivity index (χ1) is 13.9. The second-order valence-electron chi connectivity index (χ2n) is 8.42. The smallest absolute Gasteiger partial charge is 0.252 e. The fourth-order valence-corrected chi connectivity index (χ4v) is 6.99. The predicted molar refractivity (Wildman–Crippen MR) is 117 cm³/mol. The van der Waals surface area contributed by atoms with Crippen molar-refractivity contribution in [2.24, 2.45) is 11.8 Å². The van der Waals surface area contributed by atoms with E-state index in [9.17, 15) is 13.2 Å². The molecule has 2 fully saturated rings. The molecule has 1 aromatic rings. The van der Waals surface area contributed by atoms with Gasteiger partial charge in [-0.25, -0.2) is 8.42 Å². The minimum absolute atomic E-state index is 0.0399.